The first-order valence-electron chi connectivity index (χ1n) is 5.28. The second-order valence-electron chi connectivity index (χ2n) is 3.46. The molecule has 0 saturated heterocycles. The van der Waals surface area contributed by atoms with E-state index < -0.39 is 0 Å². The van der Waals surface area contributed by atoms with Gasteiger partial charge >= 0.3 is 0 Å². The highest BCUT2D eigenvalue weighted by atomic mass is 32.1. The van der Waals surface area contributed by atoms with Crippen LogP contribution in [0.2, 0.25) is 0 Å². The van der Waals surface area contributed by atoms with Crippen LogP contribution in [0.25, 0.3) is 10.6 Å². The highest BCUT2D eigenvalue weighted by molar-refractivity contribution is 7.15. The zero-order chi connectivity index (χ0) is 11.4. The largest absolute Gasteiger partial charge is 0.370 e. The molecule has 2 heterocycles. The molecule has 0 unspecified atom stereocenters. The van der Waals surface area contributed by atoms with Gasteiger partial charge in [0.25, 0.3) is 0 Å². The second kappa shape index (κ2) is 5.03. The summed E-state index contributed by atoms with van der Waals surface area (Å²) < 4.78 is 0. The Kier molecular flexibility index (Phi) is 3.46. The van der Waals surface area contributed by atoms with Gasteiger partial charge in [-0.1, -0.05) is 6.92 Å². The molecule has 4 nitrogen and oxygen atoms in total. The zero-order valence-corrected chi connectivity index (χ0v) is 10.2. The molecule has 0 aliphatic carbocycles. The first-order chi connectivity index (χ1) is 7.79. The van der Waals surface area contributed by atoms with E-state index in [0.29, 0.717) is 0 Å². The van der Waals surface area contributed by atoms with Gasteiger partial charge in [0.2, 0.25) is 0 Å². The SMILES string of the molecule is CCCNc1cc(-c2cnc(C)s2)ncn1. The van der Waals surface area contributed by atoms with Crippen molar-refractivity contribution in [3.8, 4) is 10.6 Å². The molecular formula is C11H14N4S. The summed E-state index contributed by atoms with van der Waals surface area (Å²) >= 11 is 1.64. The van der Waals surface area contributed by atoms with E-state index in [1.165, 1.54) is 0 Å². The molecule has 2 aromatic heterocycles. The molecular weight excluding hydrogens is 220 g/mol. The highest BCUT2D eigenvalue weighted by Gasteiger charge is 2.04. The van der Waals surface area contributed by atoms with Crippen molar-refractivity contribution in [2.24, 2.45) is 0 Å². The van der Waals surface area contributed by atoms with E-state index >= 15 is 0 Å². The zero-order valence-electron chi connectivity index (χ0n) is 9.40. The van der Waals surface area contributed by atoms with Crippen LogP contribution in [0, 0.1) is 6.92 Å². The summed E-state index contributed by atoms with van der Waals surface area (Å²) in [5.74, 6) is 0.873. The fourth-order valence-electron chi connectivity index (χ4n) is 1.32. The van der Waals surface area contributed by atoms with E-state index in [-0.39, 0.29) is 0 Å². The maximum absolute atomic E-state index is 4.25. The number of hydrogen-bond donors (Lipinski definition) is 1. The van der Waals surface area contributed by atoms with Crippen LogP contribution in [0.4, 0.5) is 5.82 Å². The average Bonchev–Trinajstić information content (AvgIpc) is 2.74. The van der Waals surface area contributed by atoms with Gasteiger partial charge in [-0.05, 0) is 13.3 Å². The summed E-state index contributed by atoms with van der Waals surface area (Å²) in [5, 5.41) is 4.30. The summed E-state index contributed by atoms with van der Waals surface area (Å²) in [6, 6.07) is 1.96. The monoisotopic (exact) mass is 234 g/mol. The quantitative estimate of drug-likeness (QED) is 0.883. The van der Waals surface area contributed by atoms with E-state index in [0.717, 1.165) is 34.4 Å². The van der Waals surface area contributed by atoms with E-state index in [1.807, 2.05) is 19.2 Å². The number of anilines is 1. The van der Waals surface area contributed by atoms with Crippen molar-refractivity contribution >= 4 is 17.2 Å². The average molecular weight is 234 g/mol. The number of nitrogens with zero attached hydrogens (tertiary/aromatic N) is 3. The molecule has 16 heavy (non-hydrogen) atoms. The molecule has 84 valence electrons. The van der Waals surface area contributed by atoms with E-state index in [2.05, 4.69) is 27.2 Å². The van der Waals surface area contributed by atoms with Crippen molar-refractivity contribution in [2.45, 2.75) is 20.3 Å². The molecule has 0 aliphatic rings. The molecule has 0 saturated carbocycles. The Morgan fingerprint density at radius 1 is 1.31 bits per heavy atom. The van der Waals surface area contributed by atoms with Gasteiger partial charge in [-0.25, -0.2) is 15.0 Å². The Balaban J connectivity index is 2.22. The van der Waals surface area contributed by atoms with Crippen molar-refractivity contribution in [1.82, 2.24) is 15.0 Å². The van der Waals surface area contributed by atoms with Crippen LogP contribution < -0.4 is 5.32 Å². The third-order valence-corrected chi connectivity index (χ3v) is 3.03. The van der Waals surface area contributed by atoms with Crippen LogP contribution >= 0.6 is 11.3 Å². The van der Waals surface area contributed by atoms with Crippen molar-refractivity contribution in [1.29, 1.82) is 0 Å². The molecule has 0 atom stereocenters. The summed E-state index contributed by atoms with van der Waals surface area (Å²) in [6.45, 7) is 5.05. The number of hydrogen-bond acceptors (Lipinski definition) is 5. The van der Waals surface area contributed by atoms with E-state index in [1.54, 1.807) is 17.7 Å². The minimum atomic E-state index is 0.873. The fraction of sp³-hybridized carbons (Fsp3) is 0.364. The summed E-state index contributed by atoms with van der Waals surface area (Å²) in [5.41, 5.74) is 0.930. The predicted molar refractivity (Wildman–Crippen MR) is 66.7 cm³/mol. The predicted octanol–water partition coefficient (Wildman–Crippen LogP) is 2.73. The van der Waals surface area contributed by atoms with E-state index in [4.69, 9.17) is 0 Å². The summed E-state index contributed by atoms with van der Waals surface area (Å²) in [7, 11) is 0. The lowest BCUT2D eigenvalue weighted by Crippen LogP contribution is -2.02. The Morgan fingerprint density at radius 3 is 2.88 bits per heavy atom. The minimum absolute atomic E-state index is 0.873. The lowest BCUT2D eigenvalue weighted by molar-refractivity contribution is 0.965. The first kappa shape index (κ1) is 11.0. The molecule has 2 aromatic rings. The maximum Gasteiger partial charge on any atom is 0.129 e. The van der Waals surface area contributed by atoms with Gasteiger partial charge in [-0.2, -0.15) is 0 Å². The van der Waals surface area contributed by atoms with Gasteiger partial charge in [-0.15, -0.1) is 11.3 Å². The molecule has 0 radical (unpaired) electrons. The number of aryl methyl sites for hydroxylation is 1. The van der Waals surface area contributed by atoms with Gasteiger partial charge < -0.3 is 5.32 Å². The second-order valence-corrected chi connectivity index (χ2v) is 4.69. The Labute approximate surface area is 98.8 Å². The van der Waals surface area contributed by atoms with Crippen LogP contribution in [0.3, 0.4) is 0 Å². The Morgan fingerprint density at radius 2 is 2.19 bits per heavy atom. The highest BCUT2D eigenvalue weighted by Crippen LogP contribution is 2.24. The van der Waals surface area contributed by atoms with Crippen LogP contribution in [0.5, 0.6) is 0 Å². The van der Waals surface area contributed by atoms with Gasteiger partial charge in [0.1, 0.15) is 12.1 Å². The summed E-state index contributed by atoms with van der Waals surface area (Å²) in [6.07, 6.45) is 4.52. The van der Waals surface area contributed by atoms with Crippen LogP contribution in [-0.2, 0) is 0 Å². The molecule has 0 amide bonds. The number of aromatic nitrogens is 3. The lowest BCUT2D eigenvalue weighted by atomic mass is 10.3. The van der Waals surface area contributed by atoms with Crippen molar-refractivity contribution in [2.75, 3.05) is 11.9 Å². The number of thiazole rings is 1. The molecule has 2 rings (SSSR count). The summed E-state index contributed by atoms with van der Waals surface area (Å²) in [4.78, 5) is 13.7. The first-order valence-corrected chi connectivity index (χ1v) is 6.10. The third kappa shape index (κ3) is 2.55. The molecule has 0 fully saturated rings. The van der Waals surface area contributed by atoms with Crippen LogP contribution in [-0.4, -0.2) is 21.5 Å². The maximum atomic E-state index is 4.25. The molecule has 0 spiro atoms. The molecule has 1 N–H and O–H groups in total. The molecule has 5 heteroatoms. The molecule has 0 aromatic carbocycles. The standard InChI is InChI=1S/C11H14N4S/c1-3-4-12-11-5-9(14-7-15-11)10-6-13-8(2)16-10/h5-7H,3-4H2,1-2H3,(H,12,14,15). The Bertz CT molecular complexity index is 467. The van der Waals surface area contributed by atoms with Crippen molar-refractivity contribution < 1.29 is 0 Å². The minimum Gasteiger partial charge on any atom is -0.370 e. The number of nitrogens with one attached hydrogen (secondary N) is 1. The Hall–Kier alpha value is -1.49. The van der Waals surface area contributed by atoms with Gasteiger partial charge in [0, 0.05) is 18.8 Å². The third-order valence-electron chi connectivity index (χ3n) is 2.10. The molecule has 0 aliphatic heterocycles. The lowest BCUT2D eigenvalue weighted by Gasteiger charge is -2.03. The number of rotatable bonds is 4. The topological polar surface area (TPSA) is 50.7 Å². The normalized spacial score (nSPS) is 10.4. The van der Waals surface area contributed by atoms with Crippen molar-refractivity contribution in [3.05, 3.63) is 23.6 Å². The molecule has 0 bridgehead atoms. The van der Waals surface area contributed by atoms with Gasteiger partial charge in [0.05, 0.1) is 15.6 Å². The smallest absolute Gasteiger partial charge is 0.129 e. The van der Waals surface area contributed by atoms with Crippen molar-refractivity contribution in [3.63, 3.8) is 0 Å². The van der Waals surface area contributed by atoms with Gasteiger partial charge in [-0.3, -0.25) is 0 Å². The van der Waals surface area contributed by atoms with Crippen LogP contribution in [0.15, 0.2) is 18.6 Å². The fourth-order valence-corrected chi connectivity index (χ4v) is 2.07. The van der Waals surface area contributed by atoms with Crippen LogP contribution in [0.1, 0.15) is 18.4 Å². The van der Waals surface area contributed by atoms with Gasteiger partial charge in [0.15, 0.2) is 0 Å². The van der Waals surface area contributed by atoms with E-state index in [9.17, 15) is 0 Å².